The van der Waals surface area contributed by atoms with Crippen LogP contribution >= 0.6 is 0 Å². The van der Waals surface area contributed by atoms with Crippen LogP contribution < -0.4 is 5.32 Å². The molecular weight excluding hydrogens is 388 g/mol. The molecule has 1 fully saturated rings. The predicted octanol–water partition coefficient (Wildman–Crippen LogP) is 8.03. The molecule has 1 aromatic carbocycles. The van der Waals surface area contributed by atoms with Gasteiger partial charge in [0.1, 0.15) is 0 Å². The van der Waals surface area contributed by atoms with Gasteiger partial charge < -0.3 is 5.32 Å². The molecule has 2 heteroatoms. The fourth-order valence-electron chi connectivity index (χ4n) is 5.16. The van der Waals surface area contributed by atoms with Crippen LogP contribution in [0.25, 0.3) is 0 Å². The summed E-state index contributed by atoms with van der Waals surface area (Å²) in [5.74, 6) is 0. The summed E-state index contributed by atoms with van der Waals surface area (Å²) in [6.45, 7) is 23.2. The summed E-state index contributed by atoms with van der Waals surface area (Å²) in [7, 11) is 0. The Balaban J connectivity index is 1.75. The Labute approximate surface area is 196 Å². The third-order valence-corrected chi connectivity index (χ3v) is 7.58. The van der Waals surface area contributed by atoms with Gasteiger partial charge >= 0.3 is 0 Å². The number of benzene rings is 1. The molecule has 1 unspecified atom stereocenters. The molecule has 0 amide bonds. The Hall–Kier alpha value is -1.83. The van der Waals surface area contributed by atoms with E-state index in [1.54, 1.807) is 0 Å². The number of rotatable bonds is 3. The fourth-order valence-corrected chi connectivity index (χ4v) is 5.16. The lowest BCUT2D eigenvalue weighted by Crippen LogP contribution is -2.25. The summed E-state index contributed by atoms with van der Waals surface area (Å²) in [5.41, 5.74) is 10.3. The lowest BCUT2D eigenvalue weighted by molar-refractivity contribution is 0.545. The van der Waals surface area contributed by atoms with E-state index in [0.717, 1.165) is 0 Å². The van der Waals surface area contributed by atoms with Crippen molar-refractivity contribution in [3.8, 4) is 0 Å². The molecule has 0 bridgehead atoms. The van der Waals surface area contributed by atoms with Crippen LogP contribution in [-0.4, -0.2) is 4.98 Å². The number of nitrogens with zero attached hydrogens (tertiary/aromatic N) is 1. The zero-order valence-electron chi connectivity index (χ0n) is 22.2. The molecule has 0 radical (unpaired) electrons. The molecule has 1 heterocycles. The molecule has 1 spiro atoms. The Kier molecular flexibility index (Phi) is 5.35. The van der Waals surface area contributed by atoms with E-state index in [1.807, 2.05) is 0 Å². The Morgan fingerprint density at radius 3 is 1.84 bits per heavy atom. The van der Waals surface area contributed by atoms with E-state index in [-0.39, 0.29) is 22.3 Å². The quantitative estimate of drug-likeness (QED) is 0.531. The van der Waals surface area contributed by atoms with Crippen LogP contribution in [0, 0.1) is 5.41 Å². The molecule has 174 valence electrons. The van der Waals surface area contributed by atoms with Gasteiger partial charge in [0, 0.05) is 11.4 Å². The lowest BCUT2D eigenvalue weighted by atomic mass is 9.74. The molecule has 4 rings (SSSR count). The van der Waals surface area contributed by atoms with Crippen LogP contribution in [0.1, 0.15) is 122 Å². The van der Waals surface area contributed by atoms with Crippen LogP contribution in [0.15, 0.2) is 24.3 Å². The molecule has 0 aliphatic heterocycles. The third kappa shape index (κ3) is 4.47. The number of nitrogens with one attached hydrogen (secondary N) is 1. The maximum Gasteiger partial charge on any atom is 0.0657 e. The largest absolute Gasteiger partial charge is 0.376 e. The highest BCUT2D eigenvalue weighted by Crippen LogP contribution is 2.55. The van der Waals surface area contributed by atoms with Crippen LogP contribution in [0.2, 0.25) is 0 Å². The third-order valence-electron chi connectivity index (χ3n) is 7.58. The summed E-state index contributed by atoms with van der Waals surface area (Å²) in [4.78, 5) is 5.16. The topological polar surface area (TPSA) is 24.9 Å². The van der Waals surface area contributed by atoms with Gasteiger partial charge in [-0.3, -0.25) is 4.98 Å². The van der Waals surface area contributed by atoms with Crippen LogP contribution in [0.5, 0.6) is 0 Å². The van der Waals surface area contributed by atoms with E-state index < -0.39 is 0 Å². The van der Waals surface area contributed by atoms with Gasteiger partial charge in [0.15, 0.2) is 0 Å². The second kappa shape index (κ2) is 7.34. The van der Waals surface area contributed by atoms with E-state index >= 15 is 0 Å². The zero-order chi connectivity index (χ0) is 23.7. The van der Waals surface area contributed by atoms with Gasteiger partial charge in [-0.25, -0.2) is 0 Å². The van der Waals surface area contributed by atoms with E-state index in [0.29, 0.717) is 5.41 Å². The minimum atomic E-state index is 0.0486. The SMILES string of the molecule is CC(Nc1c(C(C)(C)C)cc(C(C)(C)C)cc1C(C)(C)C)c1ccc2c(n1)CC1(CC1)C2. The summed E-state index contributed by atoms with van der Waals surface area (Å²) >= 11 is 0. The van der Waals surface area contributed by atoms with Crippen LogP contribution in [0.4, 0.5) is 5.69 Å². The second-order valence-corrected chi connectivity index (χ2v) is 13.8. The number of aromatic nitrogens is 1. The molecule has 0 saturated heterocycles. The van der Waals surface area contributed by atoms with E-state index in [9.17, 15) is 0 Å². The van der Waals surface area contributed by atoms with Crippen molar-refractivity contribution in [3.05, 3.63) is 57.9 Å². The molecular formula is C30H44N2. The average Bonchev–Trinajstić information content (AvgIpc) is 3.28. The van der Waals surface area contributed by atoms with Crippen molar-refractivity contribution < 1.29 is 0 Å². The predicted molar refractivity (Wildman–Crippen MR) is 138 cm³/mol. The van der Waals surface area contributed by atoms with Gasteiger partial charge in [-0.1, -0.05) is 80.5 Å². The van der Waals surface area contributed by atoms with Crippen molar-refractivity contribution in [2.24, 2.45) is 5.41 Å². The molecule has 32 heavy (non-hydrogen) atoms. The standard InChI is InChI=1S/C30H44N2/c1-19(24-12-11-20-17-30(13-14-30)18-25(20)32-24)31-26-22(28(5,6)7)15-21(27(2,3)4)16-23(26)29(8,9)10/h11-12,15-16,19,31H,13-14,17-18H2,1-10H3. The van der Waals surface area contributed by atoms with Crippen molar-refractivity contribution in [2.45, 2.75) is 117 Å². The number of fused-ring (bicyclic) bond motifs is 1. The first kappa shape index (κ1) is 23.3. The maximum atomic E-state index is 5.16. The number of pyridine rings is 1. The van der Waals surface area contributed by atoms with Gasteiger partial charge in [0.05, 0.1) is 11.7 Å². The Morgan fingerprint density at radius 1 is 0.812 bits per heavy atom. The van der Waals surface area contributed by atoms with E-state index in [2.05, 4.69) is 98.8 Å². The number of hydrogen-bond acceptors (Lipinski definition) is 2. The van der Waals surface area contributed by atoms with Crippen molar-refractivity contribution >= 4 is 5.69 Å². The molecule has 1 atom stereocenters. The molecule has 2 aliphatic rings. The van der Waals surface area contributed by atoms with Crippen molar-refractivity contribution in [1.29, 1.82) is 0 Å². The zero-order valence-corrected chi connectivity index (χ0v) is 22.2. The highest BCUT2D eigenvalue weighted by molar-refractivity contribution is 5.65. The van der Waals surface area contributed by atoms with Crippen LogP contribution in [0.3, 0.4) is 0 Å². The maximum absolute atomic E-state index is 5.16. The fraction of sp³-hybridized carbons (Fsp3) is 0.633. The second-order valence-electron chi connectivity index (χ2n) is 13.8. The van der Waals surface area contributed by atoms with Gasteiger partial charge in [-0.2, -0.15) is 0 Å². The van der Waals surface area contributed by atoms with E-state index in [4.69, 9.17) is 4.98 Å². The van der Waals surface area contributed by atoms with E-state index in [1.165, 1.54) is 65.0 Å². The first-order chi connectivity index (χ1) is 14.6. The molecule has 1 N–H and O–H groups in total. The highest BCUT2D eigenvalue weighted by atomic mass is 15.0. The summed E-state index contributed by atoms with van der Waals surface area (Å²) in [6, 6.07) is 9.66. The molecule has 1 saturated carbocycles. The van der Waals surface area contributed by atoms with Crippen molar-refractivity contribution in [1.82, 2.24) is 4.98 Å². The summed E-state index contributed by atoms with van der Waals surface area (Å²) < 4.78 is 0. The molecule has 2 aliphatic carbocycles. The molecule has 2 aromatic rings. The van der Waals surface area contributed by atoms with Crippen LogP contribution in [-0.2, 0) is 29.1 Å². The number of anilines is 1. The minimum Gasteiger partial charge on any atom is -0.376 e. The first-order valence-electron chi connectivity index (χ1n) is 12.5. The normalized spacial score (nSPS) is 18.6. The first-order valence-corrected chi connectivity index (χ1v) is 12.5. The minimum absolute atomic E-state index is 0.0486. The monoisotopic (exact) mass is 432 g/mol. The van der Waals surface area contributed by atoms with Gasteiger partial charge in [0.25, 0.3) is 0 Å². The summed E-state index contributed by atoms with van der Waals surface area (Å²) in [6.07, 6.45) is 5.20. The molecule has 1 aromatic heterocycles. The summed E-state index contributed by atoms with van der Waals surface area (Å²) in [5, 5.41) is 3.95. The van der Waals surface area contributed by atoms with Crippen molar-refractivity contribution in [3.63, 3.8) is 0 Å². The Morgan fingerprint density at radius 2 is 1.38 bits per heavy atom. The van der Waals surface area contributed by atoms with Gasteiger partial charge in [-0.05, 0) is 82.6 Å². The lowest BCUT2D eigenvalue weighted by Gasteiger charge is -2.35. The Bertz CT molecular complexity index is 985. The van der Waals surface area contributed by atoms with Crippen molar-refractivity contribution in [2.75, 3.05) is 5.32 Å². The van der Waals surface area contributed by atoms with Gasteiger partial charge in [-0.15, -0.1) is 0 Å². The number of hydrogen-bond donors (Lipinski definition) is 1. The highest BCUT2D eigenvalue weighted by Gasteiger charge is 2.47. The molecule has 2 nitrogen and oxygen atoms in total. The smallest absolute Gasteiger partial charge is 0.0657 e. The average molecular weight is 433 g/mol. The van der Waals surface area contributed by atoms with Gasteiger partial charge in [0.2, 0.25) is 0 Å².